The van der Waals surface area contributed by atoms with Crippen LogP contribution in [-0.2, 0) is 11.3 Å². The fourth-order valence-corrected chi connectivity index (χ4v) is 2.66. The van der Waals surface area contributed by atoms with E-state index in [0.29, 0.717) is 12.1 Å². The molecule has 2 rings (SSSR count). The summed E-state index contributed by atoms with van der Waals surface area (Å²) < 4.78 is 0. The van der Waals surface area contributed by atoms with Crippen LogP contribution in [-0.4, -0.2) is 47.4 Å². The first-order valence-corrected chi connectivity index (χ1v) is 8.99. The topological polar surface area (TPSA) is 137 Å². The second kappa shape index (κ2) is 10.5. The summed E-state index contributed by atoms with van der Waals surface area (Å²) in [5.74, 6) is -1.41. The summed E-state index contributed by atoms with van der Waals surface area (Å²) >= 11 is 0. The number of hydrogen-bond acceptors (Lipinski definition) is 6. The Labute approximate surface area is 163 Å². The Morgan fingerprint density at radius 2 is 1.61 bits per heavy atom. The van der Waals surface area contributed by atoms with Crippen LogP contribution in [0.3, 0.4) is 0 Å². The zero-order chi connectivity index (χ0) is 20.5. The lowest BCUT2D eigenvalue weighted by atomic mass is 10.0. The van der Waals surface area contributed by atoms with Crippen molar-refractivity contribution < 1.29 is 19.9 Å². The van der Waals surface area contributed by atoms with E-state index in [9.17, 15) is 14.7 Å². The average molecular weight is 386 g/mol. The second-order valence-electron chi connectivity index (χ2n) is 6.41. The maximum atomic E-state index is 12.3. The highest BCUT2D eigenvalue weighted by Crippen LogP contribution is 2.20. The molecule has 2 aromatic rings. The molecule has 0 spiro atoms. The Morgan fingerprint density at radius 1 is 1.04 bits per heavy atom. The van der Waals surface area contributed by atoms with Gasteiger partial charge >= 0.3 is 0 Å². The van der Waals surface area contributed by atoms with Crippen LogP contribution in [0.5, 0.6) is 0 Å². The number of nitrogens with two attached hydrogens (primary N) is 1. The molecule has 0 bridgehead atoms. The Bertz CT molecular complexity index is 776. The molecule has 7 N–H and O–H groups in total. The van der Waals surface area contributed by atoms with Crippen LogP contribution < -0.4 is 21.8 Å². The van der Waals surface area contributed by atoms with E-state index in [2.05, 4.69) is 10.6 Å². The summed E-state index contributed by atoms with van der Waals surface area (Å²) in [6, 6.07) is 13.7. The molecule has 0 aliphatic heterocycles. The highest BCUT2D eigenvalue weighted by Gasteiger charge is 2.25. The van der Waals surface area contributed by atoms with Gasteiger partial charge in [-0.3, -0.25) is 14.8 Å². The van der Waals surface area contributed by atoms with Crippen molar-refractivity contribution in [1.29, 1.82) is 0 Å². The lowest BCUT2D eigenvalue weighted by molar-refractivity contribution is -0.133. The molecule has 0 saturated heterocycles. The smallest absolute Gasteiger partial charge is 0.268 e. The number of hydroxylamine groups is 1. The van der Waals surface area contributed by atoms with Gasteiger partial charge in [-0.05, 0) is 35.7 Å². The molecular weight excluding hydrogens is 360 g/mol. The first-order valence-electron chi connectivity index (χ1n) is 8.99. The summed E-state index contributed by atoms with van der Waals surface area (Å²) in [5, 5.41) is 23.9. The molecule has 2 atom stereocenters. The number of carbonyl (C=O) groups is 2. The largest absolute Gasteiger partial charge is 0.391 e. The lowest BCUT2D eigenvalue weighted by Crippen LogP contribution is -2.51. The van der Waals surface area contributed by atoms with Crippen molar-refractivity contribution in [2.45, 2.75) is 25.6 Å². The highest BCUT2D eigenvalue weighted by molar-refractivity contribution is 5.97. The molecule has 28 heavy (non-hydrogen) atoms. The number of aliphatic hydroxyl groups excluding tert-OH is 1. The van der Waals surface area contributed by atoms with Crippen LogP contribution in [0.15, 0.2) is 48.5 Å². The van der Waals surface area contributed by atoms with Gasteiger partial charge in [-0.2, -0.15) is 0 Å². The number of benzene rings is 2. The minimum atomic E-state index is -1.25. The molecule has 0 saturated carbocycles. The molecule has 150 valence electrons. The van der Waals surface area contributed by atoms with Gasteiger partial charge in [0.2, 0.25) is 0 Å². The van der Waals surface area contributed by atoms with Gasteiger partial charge in [-0.25, -0.2) is 5.48 Å². The first-order chi connectivity index (χ1) is 13.5. The van der Waals surface area contributed by atoms with Crippen LogP contribution in [0.25, 0.3) is 11.1 Å². The van der Waals surface area contributed by atoms with Crippen molar-refractivity contribution in [1.82, 2.24) is 16.1 Å². The normalized spacial score (nSPS) is 12.9. The van der Waals surface area contributed by atoms with Crippen molar-refractivity contribution in [3.8, 4) is 11.1 Å². The van der Waals surface area contributed by atoms with E-state index in [1.807, 2.05) is 24.3 Å². The molecular formula is C20H26N4O4. The van der Waals surface area contributed by atoms with Crippen LogP contribution in [0.4, 0.5) is 0 Å². The standard InChI is InChI=1S/C20H26N4O4/c1-13(25)18(20(27)24-28)23-19(26)17-8-6-16(7-9-17)15-4-2-14(3-5-15)12-22-11-10-21/h2-9,13,18,22,25,28H,10-12,21H2,1H3,(H,23,26)(H,24,27)/t13-,18+/m1/s1. The molecule has 0 radical (unpaired) electrons. The van der Waals surface area contributed by atoms with E-state index in [1.54, 1.807) is 24.3 Å². The Morgan fingerprint density at radius 3 is 2.11 bits per heavy atom. The van der Waals surface area contributed by atoms with Crippen molar-refractivity contribution in [2.24, 2.45) is 5.73 Å². The summed E-state index contributed by atoms with van der Waals surface area (Å²) in [4.78, 5) is 23.8. The van der Waals surface area contributed by atoms with Gasteiger partial charge in [-0.1, -0.05) is 36.4 Å². The number of nitrogens with one attached hydrogen (secondary N) is 3. The summed E-state index contributed by atoms with van der Waals surface area (Å²) in [6.45, 7) is 3.46. The Balaban J connectivity index is 2.04. The predicted octanol–water partition coefficient (Wildman–Crippen LogP) is 0.387. The van der Waals surface area contributed by atoms with Gasteiger partial charge in [0.1, 0.15) is 6.04 Å². The van der Waals surface area contributed by atoms with Crippen molar-refractivity contribution >= 4 is 11.8 Å². The van der Waals surface area contributed by atoms with Gasteiger partial charge in [0.15, 0.2) is 0 Å². The third-order valence-electron chi connectivity index (χ3n) is 4.25. The second-order valence-corrected chi connectivity index (χ2v) is 6.41. The molecule has 0 heterocycles. The van der Waals surface area contributed by atoms with Crippen LogP contribution in [0, 0.1) is 0 Å². The predicted molar refractivity (Wildman–Crippen MR) is 106 cm³/mol. The van der Waals surface area contributed by atoms with E-state index in [4.69, 9.17) is 10.9 Å². The number of amides is 2. The van der Waals surface area contributed by atoms with Gasteiger partial charge in [0.05, 0.1) is 6.10 Å². The van der Waals surface area contributed by atoms with Gasteiger partial charge in [-0.15, -0.1) is 0 Å². The summed E-state index contributed by atoms with van der Waals surface area (Å²) in [6.07, 6.45) is -1.16. The quantitative estimate of drug-likeness (QED) is 0.209. The molecule has 8 heteroatoms. The third-order valence-corrected chi connectivity index (χ3v) is 4.25. The van der Waals surface area contributed by atoms with Crippen molar-refractivity contribution in [3.05, 3.63) is 59.7 Å². The van der Waals surface area contributed by atoms with E-state index in [1.165, 1.54) is 12.4 Å². The molecule has 0 fully saturated rings. The number of carbonyl (C=O) groups excluding carboxylic acids is 2. The number of aliphatic hydroxyl groups is 1. The average Bonchev–Trinajstić information content (AvgIpc) is 2.72. The zero-order valence-corrected chi connectivity index (χ0v) is 15.7. The summed E-state index contributed by atoms with van der Waals surface area (Å²) in [7, 11) is 0. The van der Waals surface area contributed by atoms with E-state index in [-0.39, 0.29) is 0 Å². The third kappa shape index (κ3) is 5.86. The molecule has 8 nitrogen and oxygen atoms in total. The highest BCUT2D eigenvalue weighted by atomic mass is 16.5. The SMILES string of the molecule is C[C@@H](O)[C@H](NC(=O)c1ccc(-c2ccc(CNCCN)cc2)cc1)C(=O)NO. The molecule has 2 aromatic carbocycles. The van der Waals surface area contributed by atoms with E-state index < -0.39 is 24.0 Å². The Hall–Kier alpha value is -2.78. The molecule has 0 aliphatic rings. The molecule has 2 amide bonds. The minimum absolute atomic E-state index is 0.336. The van der Waals surface area contributed by atoms with Crippen LogP contribution >= 0.6 is 0 Å². The Kier molecular flexibility index (Phi) is 8.09. The fraction of sp³-hybridized carbons (Fsp3) is 0.300. The van der Waals surface area contributed by atoms with Gasteiger partial charge in [0.25, 0.3) is 11.8 Å². The molecule has 0 aromatic heterocycles. The molecule has 0 unspecified atom stereocenters. The lowest BCUT2D eigenvalue weighted by Gasteiger charge is -2.19. The van der Waals surface area contributed by atoms with Crippen molar-refractivity contribution in [3.63, 3.8) is 0 Å². The zero-order valence-electron chi connectivity index (χ0n) is 15.7. The maximum absolute atomic E-state index is 12.3. The maximum Gasteiger partial charge on any atom is 0.268 e. The van der Waals surface area contributed by atoms with Crippen molar-refractivity contribution in [2.75, 3.05) is 13.1 Å². The monoisotopic (exact) mass is 386 g/mol. The van der Waals surface area contributed by atoms with E-state index >= 15 is 0 Å². The first kappa shape index (κ1) is 21.5. The van der Waals surface area contributed by atoms with Gasteiger partial charge < -0.3 is 21.5 Å². The number of rotatable bonds is 9. The summed E-state index contributed by atoms with van der Waals surface area (Å²) in [5.41, 5.74) is 10.3. The van der Waals surface area contributed by atoms with Gasteiger partial charge in [0, 0.05) is 25.2 Å². The van der Waals surface area contributed by atoms with Crippen LogP contribution in [0.1, 0.15) is 22.8 Å². The van der Waals surface area contributed by atoms with Crippen LogP contribution in [0.2, 0.25) is 0 Å². The van der Waals surface area contributed by atoms with E-state index in [0.717, 1.165) is 29.8 Å². The minimum Gasteiger partial charge on any atom is -0.391 e. The molecule has 0 aliphatic carbocycles. The number of hydrogen-bond donors (Lipinski definition) is 6. The fourth-order valence-electron chi connectivity index (χ4n) is 2.66.